The molecule has 0 atom stereocenters. The number of hydrogen-bond donors (Lipinski definition) is 0. The number of carbonyl (C=O) groups is 3. The summed E-state index contributed by atoms with van der Waals surface area (Å²) < 4.78 is 15.3. The van der Waals surface area contributed by atoms with E-state index in [1.165, 1.54) is 35.0 Å². The van der Waals surface area contributed by atoms with Gasteiger partial charge in [0.2, 0.25) is 0 Å². The number of aromatic nitrogens is 3. The topological polar surface area (TPSA) is 94.4 Å². The van der Waals surface area contributed by atoms with Crippen molar-refractivity contribution < 1.29 is 23.6 Å². The SMILES string of the molecule is CCc1nc(C(=O)ON2C(=O)c3ccccc3C2=O)nn1-c1ccccc1F. The normalized spacial score (nSPS) is 13.0. The van der Waals surface area contributed by atoms with Crippen molar-refractivity contribution in [3.63, 3.8) is 0 Å². The molecule has 0 unspecified atom stereocenters. The molecule has 28 heavy (non-hydrogen) atoms. The van der Waals surface area contributed by atoms with Gasteiger partial charge in [0, 0.05) is 6.42 Å². The van der Waals surface area contributed by atoms with Crippen LogP contribution < -0.4 is 0 Å². The number of carbonyl (C=O) groups excluding carboxylic acids is 3. The smallest absolute Gasteiger partial charge is 0.321 e. The van der Waals surface area contributed by atoms with Gasteiger partial charge in [0.1, 0.15) is 17.3 Å². The van der Waals surface area contributed by atoms with Crippen LogP contribution in [0.3, 0.4) is 0 Å². The fourth-order valence-electron chi connectivity index (χ4n) is 2.85. The van der Waals surface area contributed by atoms with Crippen LogP contribution in [0.1, 0.15) is 44.1 Å². The van der Waals surface area contributed by atoms with E-state index in [-0.39, 0.29) is 16.8 Å². The molecule has 0 radical (unpaired) electrons. The molecule has 1 aliphatic rings. The Labute approximate surface area is 158 Å². The summed E-state index contributed by atoms with van der Waals surface area (Å²) in [5.41, 5.74) is 0.394. The van der Waals surface area contributed by atoms with Gasteiger partial charge in [0.05, 0.1) is 11.1 Å². The highest BCUT2D eigenvalue weighted by molar-refractivity contribution is 6.21. The van der Waals surface area contributed by atoms with Crippen LogP contribution in [-0.2, 0) is 11.3 Å². The monoisotopic (exact) mass is 380 g/mol. The molecule has 0 bridgehead atoms. The van der Waals surface area contributed by atoms with Crippen LogP contribution in [-0.4, -0.2) is 37.6 Å². The van der Waals surface area contributed by atoms with Gasteiger partial charge in [-0.25, -0.2) is 18.9 Å². The third-order valence-corrected chi connectivity index (χ3v) is 4.18. The molecular formula is C19H13FN4O4. The minimum Gasteiger partial charge on any atom is -0.321 e. The molecule has 9 heteroatoms. The lowest BCUT2D eigenvalue weighted by Gasteiger charge is -2.10. The molecule has 0 N–H and O–H groups in total. The summed E-state index contributed by atoms with van der Waals surface area (Å²) in [4.78, 5) is 46.0. The van der Waals surface area contributed by atoms with Gasteiger partial charge in [-0.05, 0) is 24.3 Å². The maximum absolute atomic E-state index is 14.1. The standard InChI is InChI=1S/C19H13FN4O4/c1-2-15-21-16(22-23(15)14-10-6-5-9-13(14)20)19(27)28-24-17(25)11-7-3-4-8-12(11)18(24)26/h3-10H,2H2,1H3. The summed E-state index contributed by atoms with van der Waals surface area (Å²) in [7, 11) is 0. The van der Waals surface area contributed by atoms with Gasteiger partial charge in [-0.2, -0.15) is 0 Å². The Morgan fingerprint density at radius 3 is 2.25 bits per heavy atom. The Hall–Kier alpha value is -3.88. The second-order valence-corrected chi connectivity index (χ2v) is 5.90. The van der Waals surface area contributed by atoms with Crippen LogP contribution in [0.2, 0.25) is 0 Å². The van der Waals surface area contributed by atoms with Gasteiger partial charge in [0.15, 0.2) is 0 Å². The number of hydrogen-bond acceptors (Lipinski definition) is 6. The number of nitrogens with zero attached hydrogens (tertiary/aromatic N) is 4. The van der Waals surface area contributed by atoms with E-state index in [4.69, 9.17) is 4.84 Å². The first-order valence-corrected chi connectivity index (χ1v) is 8.42. The number of para-hydroxylation sites is 1. The average molecular weight is 380 g/mol. The summed E-state index contributed by atoms with van der Waals surface area (Å²) in [5.74, 6) is -3.21. The zero-order valence-electron chi connectivity index (χ0n) is 14.6. The Balaban J connectivity index is 1.63. The molecule has 2 amide bonds. The van der Waals surface area contributed by atoms with Crippen molar-refractivity contribution in [3.05, 3.63) is 77.1 Å². The van der Waals surface area contributed by atoms with Gasteiger partial charge in [-0.15, -0.1) is 5.10 Å². The number of amides is 2. The average Bonchev–Trinajstić information content (AvgIpc) is 3.24. The lowest BCUT2D eigenvalue weighted by atomic mass is 10.1. The van der Waals surface area contributed by atoms with Gasteiger partial charge in [-0.3, -0.25) is 9.59 Å². The molecular weight excluding hydrogens is 367 g/mol. The fraction of sp³-hybridized carbons (Fsp3) is 0.105. The number of imide groups is 1. The van der Waals surface area contributed by atoms with E-state index in [1.54, 1.807) is 25.1 Å². The minimum atomic E-state index is -1.10. The van der Waals surface area contributed by atoms with Crippen LogP contribution in [0.25, 0.3) is 5.69 Å². The summed E-state index contributed by atoms with van der Waals surface area (Å²) in [5, 5.41) is 4.37. The number of benzene rings is 2. The number of rotatable bonds is 4. The van der Waals surface area contributed by atoms with E-state index in [0.29, 0.717) is 17.3 Å². The van der Waals surface area contributed by atoms with E-state index in [1.807, 2.05) is 0 Å². The van der Waals surface area contributed by atoms with Crippen LogP contribution in [0.4, 0.5) is 4.39 Å². The largest absolute Gasteiger partial charge is 0.403 e. The molecule has 4 rings (SSSR count). The van der Waals surface area contributed by atoms with Gasteiger partial charge < -0.3 is 4.84 Å². The lowest BCUT2D eigenvalue weighted by molar-refractivity contribution is -0.0592. The second kappa shape index (κ2) is 6.69. The molecule has 1 aliphatic heterocycles. The van der Waals surface area contributed by atoms with Crippen molar-refractivity contribution in [2.24, 2.45) is 0 Å². The van der Waals surface area contributed by atoms with Crippen LogP contribution in [0.15, 0.2) is 48.5 Å². The molecule has 0 fully saturated rings. The van der Waals surface area contributed by atoms with Gasteiger partial charge >= 0.3 is 5.97 Å². The molecule has 1 aromatic heterocycles. The highest BCUT2D eigenvalue weighted by Gasteiger charge is 2.39. The highest BCUT2D eigenvalue weighted by Crippen LogP contribution is 2.23. The first kappa shape index (κ1) is 17.5. The Bertz CT molecular complexity index is 1090. The summed E-state index contributed by atoms with van der Waals surface area (Å²) >= 11 is 0. The van der Waals surface area contributed by atoms with E-state index in [9.17, 15) is 18.8 Å². The quantitative estimate of drug-likeness (QED) is 0.645. The molecule has 2 aromatic carbocycles. The molecule has 3 aromatic rings. The maximum atomic E-state index is 14.1. The molecule has 2 heterocycles. The van der Waals surface area contributed by atoms with Crippen molar-refractivity contribution in [1.82, 2.24) is 19.8 Å². The van der Waals surface area contributed by atoms with Crippen molar-refractivity contribution in [1.29, 1.82) is 0 Å². The summed E-state index contributed by atoms with van der Waals surface area (Å²) in [6, 6.07) is 12.0. The van der Waals surface area contributed by atoms with Crippen LogP contribution in [0.5, 0.6) is 0 Å². The predicted octanol–water partition coefficient (Wildman–Crippen LogP) is 2.34. The van der Waals surface area contributed by atoms with Crippen molar-refractivity contribution in [2.45, 2.75) is 13.3 Å². The first-order valence-electron chi connectivity index (χ1n) is 8.42. The Kier molecular flexibility index (Phi) is 4.19. The summed E-state index contributed by atoms with van der Waals surface area (Å²) in [6.07, 6.45) is 0.363. The van der Waals surface area contributed by atoms with Crippen LogP contribution in [0, 0.1) is 5.82 Å². The summed E-state index contributed by atoms with van der Waals surface area (Å²) in [6.45, 7) is 1.76. The molecule has 140 valence electrons. The number of aryl methyl sites for hydroxylation is 1. The lowest BCUT2D eigenvalue weighted by Crippen LogP contribution is -2.33. The number of hydroxylamine groups is 2. The maximum Gasteiger partial charge on any atom is 0.403 e. The second-order valence-electron chi connectivity index (χ2n) is 5.90. The van der Waals surface area contributed by atoms with E-state index < -0.39 is 29.4 Å². The Morgan fingerprint density at radius 2 is 1.64 bits per heavy atom. The highest BCUT2D eigenvalue weighted by atomic mass is 19.1. The van der Waals surface area contributed by atoms with E-state index >= 15 is 0 Å². The first-order chi connectivity index (χ1) is 13.5. The zero-order valence-corrected chi connectivity index (χ0v) is 14.6. The fourth-order valence-corrected chi connectivity index (χ4v) is 2.85. The number of fused-ring (bicyclic) bond motifs is 1. The molecule has 0 saturated heterocycles. The van der Waals surface area contributed by atoms with Crippen molar-refractivity contribution >= 4 is 17.8 Å². The minimum absolute atomic E-state index is 0.117. The third kappa shape index (κ3) is 2.73. The number of halogens is 1. The van der Waals surface area contributed by atoms with Crippen molar-refractivity contribution in [3.8, 4) is 5.69 Å². The van der Waals surface area contributed by atoms with E-state index in [2.05, 4.69) is 10.1 Å². The predicted molar refractivity (Wildman–Crippen MR) is 93.1 cm³/mol. The zero-order chi connectivity index (χ0) is 19.8. The van der Waals surface area contributed by atoms with E-state index in [0.717, 1.165) is 0 Å². The molecule has 0 aliphatic carbocycles. The van der Waals surface area contributed by atoms with Gasteiger partial charge in [0.25, 0.3) is 17.6 Å². The Morgan fingerprint density at radius 1 is 1.04 bits per heavy atom. The molecule has 8 nitrogen and oxygen atoms in total. The third-order valence-electron chi connectivity index (χ3n) is 4.18. The molecule has 0 saturated carbocycles. The van der Waals surface area contributed by atoms with Crippen molar-refractivity contribution in [2.75, 3.05) is 0 Å². The van der Waals surface area contributed by atoms with Gasteiger partial charge in [-0.1, -0.05) is 36.3 Å². The van der Waals surface area contributed by atoms with Crippen LogP contribution >= 0.6 is 0 Å². The molecule has 0 spiro atoms.